The van der Waals surface area contributed by atoms with Crippen molar-refractivity contribution in [3.63, 3.8) is 0 Å². The first-order chi connectivity index (χ1) is 10.2. The third kappa shape index (κ3) is 4.15. The van der Waals surface area contributed by atoms with Gasteiger partial charge in [0.25, 0.3) is 0 Å². The molecule has 1 amide bonds. The van der Waals surface area contributed by atoms with Crippen LogP contribution in [0.15, 0.2) is 54.6 Å². The minimum atomic E-state index is 0.0266. The zero-order chi connectivity index (χ0) is 15.1. The van der Waals surface area contributed by atoms with Gasteiger partial charge in [-0.15, -0.1) is 0 Å². The highest BCUT2D eigenvalue weighted by atomic mass is 16.2. The van der Waals surface area contributed by atoms with Gasteiger partial charge in [-0.1, -0.05) is 48.6 Å². The predicted molar refractivity (Wildman–Crippen MR) is 84.0 cm³/mol. The number of likely N-dealkylation sites (tertiary alicyclic amines) is 1. The molecule has 1 saturated heterocycles. The van der Waals surface area contributed by atoms with Crippen molar-refractivity contribution in [1.29, 1.82) is 0 Å². The average molecular weight is 283 g/mol. The molecule has 1 aromatic rings. The molecule has 0 spiro atoms. The Kier molecular flexibility index (Phi) is 5.50. The van der Waals surface area contributed by atoms with Gasteiger partial charge in [-0.25, -0.2) is 0 Å². The second kappa shape index (κ2) is 7.58. The summed E-state index contributed by atoms with van der Waals surface area (Å²) in [5.41, 5.74) is 0.773. The predicted octanol–water partition coefficient (Wildman–Crippen LogP) is 3.24. The molecule has 3 heteroatoms. The lowest BCUT2D eigenvalue weighted by atomic mass is 9.89. The van der Waals surface area contributed by atoms with E-state index in [0.29, 0.717) is 13.1 Å². The molecule has 1 aliphatic rings. The van der Waals surface area contributed by atoms with Crippen LogP contribution >= 0.6 is 0 Å². The maximum atomic E-state index is 12.4. The number of ketones is 1. The van der Waals surface area contributed by atoms with Gasteiger partial charge < -0.3 is 4.90 Å². The largest absolute Gasteiger partial charge is 0.339 e. The molecule has 1 fully saturated rings. The Balaban J connectivity index is 1.88. The first kappa shape index (κ1) is 15.2. The molecule has 1 aliphatic heterocycles. The monoisotopic (exact) mass is 283 g/mol. The van der Waals surface area contributed by atoms with Gasteiger partial charge in [-0.05, 0) is 19.8 Å². The summed E-state index contributed by atoms with van der Waals surface area (Å²) in [4.78, 5) is 26.1. The van der Waals surface area contributed by atoms with Crippen molar-refractivity contribution < 1.29 is 9.59 Å². The Bertz CT molecular complexity index is 538. The van der Waals surface area contributed by atoms with Gasteiger partial charge in [0.15, 0.2) is 5.78 Å². The van der Waals surface area contributed by atoms with Gasteiger partial charge in [0.1, 0.15) is 0 Å². The van der Waals surface area contributed by atoms with E-state index >= 15 is 0 Å². The molecule has 0 radical (unpaired) electrons. The van der Waals surface area contributed by atoms with Gasteiger partial charge in [0.2, 0.25) is 5.91 Å². The Hall–Kier alpha value is -2.16. The highest BCUT2D eigenvalue weighted by Crippen LogP contribution is 2.21. The second-order valence-corrected chi connectivity index (χ2v) is 5.21. The van der Waals surface area contributed by atoms with Crippen LogP contribution in [-0.4, -0.2) is 29.7 Å². The highest BCUT2D eigenvalue weighted by molar-refractivity contribution is 5.98. The van der Waals surface area contributed by atoms with E-state index in [1.807, 2.05) is 54.3 Å². The number of allylic oxidation sites excluding steroid dienone is 3. The SMILES string of the molecule is C/C=C/C=C/C(=O)N1CCC(C(=O)c2ccccc2)CC1. The van der Waals surface area contributed by atoms with Crippen LogP contribution in [-0.2, 0) is 4.79 Å². The van der Waals surface area contributed by atoms with E-state index in [1.54, 1.807) is 12.2 Å². The Morgan fingerprint density at radius 1 is 1.10 bits per heavy atom. The fourth-order valence-corrected chi connectivity index (χ4v) is 2.55. The van der Waals surface area contributed by atoms with Crippen molar-refractivity contribution >= 4 is 11.7 Å². The molecule has 2 rings (SSSR count). The average Bonchev–Trinajstić information content (AvgIpc) is 2.55. The van der Waals surface area contributed by atoms with Gasteiger partial charge in [-0.2, -0.15) is 0 Å². The molecule has 3 nitrogen and oxygen atoms in total. The van der Waals surface area contributed by atoms with E-state index in [1.165, 1.54) is 0 Å². The van der Waals surface area contributed by atoms with Crippen molar-refractivity contribution in [2.24, 2.45) is 5.92 Å². The molecule has 0 aromatic heterocycles. The summed E-state index contributed by atoms with van der Waals surface area (Å²) in [6.45, 7) is 3.22. The third-order valence-electron chi connectivity index (χ3n) is 3.78. The number of carbonyl (C=O) groups excluding carboxylic acids is 2. The lowest BCUT2D eigenvalue weighted by Crippen LogP contribution is -2.39. The van der Waals surface area contributed by atoms with Crippen molar-refractivity contribution in [3.8, 4) is 0 Å². The summed E-state index contributed by atoms with van der Waals surface area (Å²) in [5, 5.41) is 0. The zero-order valence-corrected chi connectivity index (χ0v) is 12.4. The standard InChI is InChI=1S/C18H21NO2/c1-2-3-5-10-17(20)19-13-11-16(12-14-19)18(21)15-8-6-4-7-9-15/h2-10,16H,11-14H2,1H3/b3-2+,10-5+. The lowest BCUT2D eigenvalue weighted by molar-refractivity contribution is -0.127. The maximum Gasteiger partial charge on any atom is 0.246 e. The van der Waals surface area contributed by atoms with Crippen molar-refractivity contribution in [1.82, 2.24) is 4.90 Å². The summed E-state index contributed by atoms with van der Waals surface area (Å²) in [7, 11) is 0. The van der Waals surface area contributed by atoms with E-state index in [2.05, 4.69) is 0 Å². The van der Waals surface area contributed by atoms with Crippen molar-refractivity contribution in [2.45, 2.75) is 19.8 Å². The zero-order valence-electron chi connectivity index (χ0n) is 12.4. The summed E-state index contributed by atoms with van der Waals surface area (Å²) in [5.74, 6) is 0.266. The van der Waals surface area contributed by atoms with Gasteiger partial charge >= 0.3 is 0 Å². The number of benzene rings is 1. The minimum absolute atomic E-state index is 0.0266. The quantitative estimate of drug-likeness (QED) is 0.483. The van der Waals surface area contributed by atoms with Crippen molar-refractivity contribution in [3.05, 3.63) is 60.2 Å². The summed E-state index contributed by atoms with van der Waals surface area (Å²) < 4.78 is 0. The maximum absolute atomic E-state index is 12.4. The Labute approximate surface area is 126 Å². The minimum Gasteiger partial charge on any atom is -0.339 e. The molecular formula is C18H21NO2. The molecule has 0 unspecified atom stereocenters. The molecule has 1 aromatic carbocycles. The van der Waals surface area contributed by atoms with Gasteiger partial charge in [0, 0.05) is 30.6 Å². The number of nitrogens with zero attached hydrogens (tertiary/aromatic N) is 1. The van der Waals surface area contributed by atoms with Crippen LogP contribution < -0.4 is 0 Å². The van der Waals surface area contributed by atoms with Crippen LogP contribution in [0.5, 0.6) is 0 Å². The molecule has 0 bridgehead atoms. The van der Waals surface area contributed by atoms with Crippen LogP contribution in [0.4, 0.5) is 0 Å². The van der Waals surface area contributed by atoms with Gasteiger partial charge in [-0.3, -0.25) is 9.59 Å². The molecule has 21 heavy (non-hydrogen) atoms. The number of carbonyl (C=O) groups is 2. The number of hydrogen-bond acceptors (Lipinski definition) is 2. The first-order valence-electron chi connectivity index (χ1n) is 7.40. The van der Waals surface area contributed by atoms with Crippen LogP contribution in [0.2, 0.25) is 0 Å². The van der Waals surface area contributed by atoms with E-state index in [9.17, 15) is 9.59 Å². The Morgan fingerprint density at radius 3 is 2.38 bits per heavy atom. The van der Waals surface area contributed by atoms with Crippen LogP contribution in [0.1, 0.15) is 30.1 Å². The van der Waals surface area contributed by atoms with Gasteiger partial charge in [0.05, 0.1) is 0 Å². The smallest absolute Gasteiger partial charge is 0.246 e. The number of amides is 1. The number of hydrogen-bond donors (Lipinski definition) is 0. The first-order valence-corrected chi connectivity index (χ1v) is 7.40. The van der Waals surface area contributed by atoms with Crippen LogP contribution in [0.3, 0.4) is 0 Å². The number of rotatable bonds is 4. The molecule has 1 heterocycles. The van der Waals surface area contributed by atoms with E-state index in [0.717, 1.165) is 18.4 Å². The van der Waals surface area contributed by atoms with E-state index < -0.39 is 0 Å². The highest BCUT2D eigenvalue weighted by Gasteiger charge is 2.26. The molecule has 0 saturated carbocycles. The van der Waals surface area contributed by atoms with Crippen LogP contribution in [0, 0.1) is 5.92 Å². The molecule has 0 aliphatic carbocycles. The lowest BCUT2D eigenvalue weighted by Gasteiger charge is -2.30. The Morgan fingerprint density at radius 2 is 1.76 bits per heavy atom. The van der Waals surface area contributed by atoms with Crippen LogP contribution in [0.25, 0.3) is 0 Å². The van der Waals surface area contributed by atoms with E-state index in [4.69, 9.17) is 0 Å². The fourth-order valence-electron chi connectivity index (χ4n) is 2.55. The topological polar surface area (TPSA) is 37.4 Å². The number of Topliss-reactive ketones (excluding diaryl/α,β-unsaturated/α-hetero) is 1. The summed E-state index contributed by atoms with van der Waals surface area (Å²) in [6, 6.07) is 9.41. The summed E-state index contributed by atoms with van der Waals surface area (Å²) >= 11 is 0. The normalized spacial score (nSPS) is 16.7. The molecule has 110 valence electrons. The fraction of sp³-hybridized carbons (Fsp3) is 0.333. The molecule has 0 atom stereocenters. The van der Waals surface area contributed by atoms with E-state index in [-0.39, 0.29) is 17.6 Å². The van der Waals surface area contributed by atoms with Crippen molar-refractivity contribution in [2.75, 3.05) is 13.1 Å². The summed E-state index contributed by atoms with van der Waals surface area (Å²) in [6.07, 6.45) is 8.55. The number of piperidine rings is 1. The molecule has 0 N–H and O–H groups in total. The molecular weight excluding hydrogens is 262 g/mol. The second-order valence-electron chi connectivity index (χ2n) is 5.21. The third-order valence-corrected chi connectivity index (χ3v) is 3.78.